The number of carbonyl (C=O) groups excluding carboxylic acids is 3. The molecule has 5 heteroatoms. The van der Waals surface area contributed by atoms with Crippen molar-refractivity contribution in [3.05, 3.63) is 142 Å². The third-order valence-electron chi connectivity index (χ3n) is 9.05. The number of benzene rings is 4. The van der Waals surface area contributed by atoms with Crippen LogP contribution in [0.15, 0.2) is 103 Å². The highest BCUT2D eigenvalue weighted by atomic mass is 19.1. The van der Waals surface area contributed by atoms with Crippen molar-refractivity contribution in [2.24, 2.45) is 5.41 Å². The number of anilines is 1. The molecule has 3 unspecified atom stereocenters. The van der Waals surface area contributed by atoms with Crippen molar-refractivity contribution in [2.45, 2.75) is 37.8 Å². The van der Waals surface area contributed by atoms with E-state index in [2.05, 4.69) is 13.8 Å². The third kappa shape index (κ3) is 3.48. The molecule has 1 spiro atoms. The zero-order valence-corrected chi connectivity index (χ0v) is 22.8. The van der Waals surface area contributed by atoms with Gasteiger partial charge in [-0.3, -0.25) is 14.4 Å². The van der Waals surface area contributed by atoms with E-state index >= 15 is 0 Å². The van der Waals surface area contributed by atoms with Crippen molar-refractivity contribution in [2.75, 3.05) is 4.90 Å². The van der Waals surface area contributed by atoms with E-state index in [0.717, 1.165) is 11.1 Å². The lowest BCUT2D eigenvalue weighted by Crippen LogP contribution is -2.48. The number of ketones is 3. The predicted molar refractivity (Wildman–Crippen MR) is 157 cm³/mol. The minimum atomic E-state index is -1.57. The van der Waals surface area contributed by atoms with Gasteiger partial charge in [-0.25, -0.2) is 4.39 Å². The van der Waals surface area contributed by atoms with Gasteiger partial charge in [0.05, 0.1) is 6.04 Å². The first-order valence-corrected chi connectivity index (χ1v) is 14.0. The summed E-state index contributed by atoms with van der Waals surface area (Å²) in [6, 6.07) is 26.7. The van der Waals surface area contributed by atoms with Crippen LogP contribution in [0.2, 0.25) is 0 Å². The summed E-state index contributed by atoms with van der Waals surface area (Å²) < 4.78 is 14.4. The molecule has 0 bridgehead atoms. The fraction of sp³-hybridized carbons (Fsp3) is 0.194. The maximum Gasteiger partial charge on any atom is 0.185 e. The molecule has 3 aliphatic rings. The van der Waals surface area contributed by atoms with Gasteiger partial charge in [0.1, 0.15) is 17.3 Å². The zero-order chi connectivity index (χ0) is 28.5. The van der Waals surface area contributed by atoms with E-state index in [0.29, 0.717) is 33.9 Å². The normalized spacial score (nSPS) is 21.8. The van der Waals surface area contributed by atoms with Gasteiger partial charge in [-0.2, -0.15) is 0 Å². The number of Topliss-reactive ketones (excluding diaryl/α,β-unsaturated/α-hetero) is 3. The summed E-state index contributed by atoms with van der Waals surface area (Å²) in [4.78, 5) is 45.8. The van der Waals surface area contributed by atoms with Crippen LogP contribution in [0.5, 0.6) is 0 Å². The minimum Gasteiger partial charge on any atom is -0.352 e. The van der Waals surface area contributed by atoms with Crippen LogP contribution in [0.4, 0.5) is 10.1 Å². The molecule has 4 aromatic carbocycles. The number of hydrogen-bond acceptors (Lipinski definition) is 4. The Hall–Kier alpha value is -4.64. The lowest BCUT2D eigenvalue weighted by Gasteiger charge is -2.37. The van der Waals surface area contributed by atoms with Gasteiger partial charge in [0, 0.05) is 33.9 Å². The second kappa shape index (κ2) is 9.20. The Morgan fingerprint density at radius 2 is 1.46 bits per heavy atom. The van der Waals surface area contributed by atoms with E-state index in [-0.39, 0.29) is 17.3 Å². The molecular weight excluding hydrogens is 513 g/mol. The molecule has 41 heavy (non-hydrogen) atoms. The molecule has 0 aromatic heterocycles. The molecule has 202 valence electrons. The highest BCUT2D eigenvalue weighted by molar-refractivity contribution is 6.32. The number of fused-ring (bicyclic) bond motifs is 5. The number of nitrogens with zero attached hydrogens (tertiary/aromatic N) is 1. The van der Waals surface area contributed by atoms with Gasteiger partial charge in [-0.1, -0.05) is 105 Å². The topological polar surface area (TPSA) is 54.5 Å². The molecule has 0 amide bonds. The van der Waals surface area contributed by atoms with Gasteiger partial charge in [-0.15, -0.1) is 0 Å². The third-order valence-corrected chi connectivity index (χ3v) is 9.05. The Labute approximate surface area is 238 Å². The molecule has 1 fully saturated rings. The first kappa shape index (κ1) is 25.3. The summed E-state index contributed by atoms with van der Waals surface area (Å²) in [6.07, 6.45) is 3.59. The van der Waals surface area contributed by atoms with Gasteiger partial charge in [0.2, 0.25) is 0 Å². The zero-order valence-electron chi connectivity index (χ0n) is 22.8. The predicted octanol–water partition coefficient (Wildman–Crippen LogP) is 7.27. The summed E-state index contributed by atoms with van der Waals surface area (Å²) in [7, 11) is 0. The molecule has 2 heterocycles. The summed E-state index contributed by atoms with van der Waals surface area (Å²) in [5.74, 6) is -1.62. The monoisotopic (exact) mass is 541 g/mol. The SMILES string of the molecule is CC(C)c1ccc(C2C(C(=O)c3ccccc3)N3c4ccc(F)cc4C=CC3C23C(=O)c2ccccc2C3=O)cc1. The Morgan fingerprint density at radius 3 is 2.10 bits per heavy atom. The van der Waals surface area contributed by atoms with Gasteiger partial charge >= 0.3 is 0 Å². The summed E-state index contributed by atoms with van der Waals surface area (Å²) in [5.41, 5.74) is 2.80. The second-order valence-electron chi connectivity index (χ2n) is 11.5. The molecule has 2 aliphatic heterocycles. The highest BCUT2D eigenvalue weighted by Gasteiger charge is 2.71. The fourth-order valence-corrected chi connectivity index (χ4v) is 7.18. The van der Waals surface area contributed by atoms with Crippen molar-refractivity contribution in [3.8, 4) is 0 Å². The molecule has 1 aliphatic carbocycles. The molecule has 4 aromatic rings. The number of rotatable bonds is 4. The molecule has 4 nitrogen and oxygen atoms in total. The highest BCUT2D eigenvalue weighted by Crippen LogP contribution is 2.61. The smallest absolute Gasteiger partial charge is 0.185 e. The van der Waals surface area contributed by atoms with E-state index in [4.69, 9.17) is 0 Å². The molecular formula is C36H28FNO3. The summed E-state index contributed by atoms with van der Waals surface area (Å²) in [6.45, 7) is 4.21. The molecule has 1 saturated heterocycles. The van der Waals surface area contributed by atoms with E-state index in [1.807, 2.05) is 53.4 Å². The molecule has 7 rings (SSSR count). The molecule has 0 saturated carbocycles. The first-order chi connectivity index (χ1) is 19.8. The van der Waals surface area contributed by atoms with Gasteiger partial charge < -0.3 is 4.90 Å². The lowest BCUT2D eigenvalue weighted by molar-refractivity contribution is 0.0666. The molecule has 3 atom stereocenters. The van der Waals surface area contributed by atoms with E-state index in [1.165, 1.54) is 12.1 Å². The lowest BCUT2D eigenvalue weighted by atomic mass is 9.64. The Balaban J connectivity index is 1.54. The first-order valence-electron chi connectivity index (χ1n) is 14.0. The van der Waals surface area contributed by atoms with Crippen LogP contribution in [0, 0.1) is 11.2 Å². The van der Waals surface area contributed by atoms with Crippen LogP contribution in [-0.2, 0) is 0 Å². The number of halogens is 1. The average molecular weight is 542 g/mol. The Kier molecular flexibility index (Phi) is 5.69. The summed E-state index contributed by atoms with van der Waals surface area (Å²) in [5, 5.41) is 0. The van der Waals surface area contributed by atoms with Crippen LogP contribution < -0.4 is 4.90 Å². The fourth-order valence-electron chi connectivity index (χ4n) is 7.18. The Morgan fingerprint density at radius 1 is 0.829 bits per heavy atom. The standard InChI is InChI=1S/C36H28FNO3/c1-21(2)22-12-14-23(15-13-22)31-32(33(39)24-8-4-3-5-9-24)38-29-18-17-26(37)20-25(29)16-19-30(38)36(31)34(40)27-10-6-7-11-28(27)35(36)41/h3-21,30-32H,1-2H3. The maximum atomic E-state index is 14.7. The van der Waals surface area contributed by atoms with Gasteiger partial charge in [-0.05, 0) is 35.2 Å². The van der Waals surface area contributed by atoms with Crippen LogP contribution in [0.3, 0.4) is 0 Å². The number of carbonyl (C=O) groups is 3. The van der Waals surface area contributed by atoms with Crippen molar-refractivity contribution in [3.63, 3.8) is 0 Å². The maximum absolute atomic E-state index is 14.7. The van der Waals surface area contributed by atoms with Crippen LogP contribution >= 0.6 is 0 Å². The molecule has 0 radical (unpaired) electrons. The second-order valence-corrected chi connectivity index (χ2v) is 11.5. The van der Waals surface area contributed by atoms with Crippen molar-refractivity contribution < 1.29 is 18.8 Å². The molecule has 0 N–H and O–H groups in total. The van der Waals surface area contributed by atoms with Gasteiger partial charge in [0.25, 0.3) is 0 Å². The average Bonchev–Trinajstić information content (AvgIpc) is 3.43. The van der Waals surface area contributed by atoms with E-state index < -0.39 is 29.2 Å². The van der Waals surface area contributed by atoms with Crippen molar-refractivity contribution in [1.82, 2.24) is 0 Å². The quantitative estimate of drug-likeness (QED) is 0.202. The minimum absolute atomic E-state index is 0.187. The van der Waals surface area contributed by atoms with E-state index in [9.17, 15) is 18.8 Å². The van der Waals surface area contributed by atoms with Gasteiger partial charge in [0.15, 0.2) is 17.3 Å². The summed E-state index contributed by atoms with van der Waals surface area (Å²) >= 11 is 0. The van der Waals surface area contributed by atoms with Crippen LogP contribution in [0.1, 0.15) is 73.4 Å². The van der Waals surface area contributed by atoms with E-state index in [1.54, 1.807) is 48.5 Å². The van der Waals surface area contributed by atoms with Crippen molar-refractivity contribution >= 4 is 29.1 Å². The van der Waals surface area contributed by atoms with Crippen LogP contribution in [0.25, 0.3) is 6.08 Å². The largest absolute Gasteiger partial charge is 0.352 e. The van der Waals surface area contributed by atoms with Crippen molar-refractivity contribution in [1.29, 1.82) is 0 Å². The van der Waals surface area contributed by atoms with Crippen LogP contribution in [-0.4, -0.2) is 29.4 Å². The number of hydrogen-bond donors (Lipinski definition) is 0. The Bertz CT molecular complexity index is 1720.